The third kappa shape index (κ3) is 7.71. The molecule has 0 aliphatic carbocycles. The van der Waals surface area contributed by atoms with Crippen molar-refractivity contribution in [1.29, 1.82) is 0 Å². The van der Waals surface area contributed by atoms with Crippen LogP contribution in [0.5, 0.6) is 5.75 Å². The fourth-order valence-corrected chi connectivity index (χ4v) is 5.40. The molecule has 0 radical (unpaired) electrons. The molecule has 0 N–H and O–H groups in total. The fourth-order valence-electron chi connectivity index (χ4n) is 3.27. The van der Waals surface area contributed by atoms with Gasteiger partial charge in [-0.25, -0.2) is 9.18 Å². The number of β-lactam (4-membered cyclic amide) rings is 1. The lowest BCUT2D eigenvalue weighted by molar-refractivity contribution is -0.384. The topological polar surface area (TPSA) is 139 Å². The lowest BCUT2D eigenvalue weighted by Gasteiger charge is -2.40. The van der Waals surface area contributed by atoms with Gasteiger partial charge in [-0.15, -0.1) is 0 Å². The molecule has 13 heteroatoms. The fraction of sp³-hybridized carbons (Fsp3) is 0.296. The van der Waals surface area contributed by atoms with Crippen molar-refractivity contribution >= 4 is 45.6 Å². The van der Waals surface area contributed by atoms with Crippen molar-refractivity contribution in [2.75, 3.05) is 5.75 Å². The number of nitro groups is 1. The van der Waals surface area contributed by atoms with E-state index >= 15 is 0 Å². The summed E-state index contributed by atoms with van der Waals surface area (Å²) in [6.45, 7) is 8.20. The van der Waals surface area contributed by atoms with Gasteiger partial charge in [0, 0.05) is 17.5 Å². The van der Waals surface area contributed by atoms with Crippen LogP contribution in [-0.2, 0) is 36.9 Å². The zero-order valence-corrected chi connectivity index (χ0v) is 23.6. The van der Waals surface area contributed by atoms with Gasteiger partial charge in [-0.2, -0.15) is 0 Å². The lowest BCUT2D eigenvalue weighted by atomic mass is 10.00. The second-order valence-electron chi connectivity index (χ2n) is 9.59. The first kappa shape index (κ1) is 30.9. The van der Waals surface area contributed by atoms with E-state index in [1.807, 2.05) is 0 Å². The number of likely N-dealkylation sites (tertiary alicyclic amines) is 1. The van der Waals surface area contributed by atoms with E-state index < -0.39 is 55.4 Å². The van der Waals surface area contributed by atoms with Crippen molar-refractivity contribution in [2.45, 2.75) is 39.2 Å². The maximum atomic E-state index is 13.5. The van der Waals surface area contributed by atoms with Crippen LogP contribution in [0.1, 0.15) is 32.8 Å². The molecule has 212 valence electrons. The van der Waals surface area contributed by atoms with E-state index in [1.165, 1.54) is 42.5 Å². The van der Waals surface area contributed by atoms with Crippen LogP contribution >= 0.6 is 11.8 Å². The summed E-state index contributed by atoms with van der Waals surface area (Å²) in [5.74, 6) is -2.03. The Morgan fingerprint density at radius 2 is 1.82 bits per heavy atom. The molecule has 1 fully saturated rings. The molecule has 2 aromatic carbocycles. The smallest absolute Gasteiger partial charge is 0.360 e. The van der Waals surface area contributed by atoms with E-state index in [9.17, 15) is 33.4 Å². The number of benzene rings is 2. The first-order valence-corrected chi connectivity index (χ1v) is 14.1. The van der Waals surface area contributed by atoms with Crippen molar-refractivity contribution in [3.8, 4) is 5.75 Å². The van der Waals surface area contributed by atoms with Gasteiger partial charge in [0.2, 0.25) is 16.4 Å². The summed E-state index contributed by atoms with van der Waals surface area (Å²) in [5, 5.41) is 9.29. The Bertz CT molecular complexity index is 1320. The first-order chi connectivity index (χ1) is 18.8. The monoisotopic (exact) mass is 590 g/mol. The number of carbonyl (C=O) groups is 3. The summed E-state index contributed by atoms with van der Waals surface area (Å²) in [4.78, 5) is 50.8. The van der Waals surface area contributed by atoms with Crippen LogP contribution < -0.4 is 4.74 Å². The van der Waals surface area contributed by atoms with Gasteiger partial charge in [-0.05, 0) is 71.0 Å². The second-order valence-corrected chi connectivity index (χ2v) is 12.2. The van der Waals surface area contributed by atoms with Crippen molar-refractivity contribution in [2.24, 2.45) is 5.41 Å². The minimum absolute atomic E-state index is 0.0434. The predicted molar refractivity (Wildman–Crippen MR) is 147 cm³/mol. The minimum Gasteiger partial charge on any atom is -0.614 e. The number of non-ortho nitro benzene ring substituents is 1. The molecule has 0 aromatic heterocycles. The van der Waals surface area contributed by atoms with Gasteiger partial charge in [0.1, 0.15) is 23.9 Å². The molecule has 3 rings (SSSR count). The van der Waals surface area contributed by atoms with E-state index in [1.54, 1.807) is 20.8 Å². The SMILES string of the molecule is C=CC[S+]([O-])C1CC(=O)N1C(C(=O)OCc1ccc([N+](=O)[O-])cc1)=C(Oc1ccc(F)cc1)SC(=O)C(C)(C)C. The summed E-state index contributed by atoms with van der Waals surface area (Å²) >= 11 is -1.07. The molecule has 0 saturated carbocycles. The number of hydrogen-bond donors (Lipinski definition) is 0. The summed E-state index contributed by atoms with van der Waals surface area (Å²) in [5.41, 5.74) is -1.06. The molecule has 1 heterocycles. The number of hydrogen-bond acceptors (Lipinski definition) is 9. The zero-order chi connectivity index (χ0) is 29.6. The standard InChI is InChI=1S/C27H27FN2O8S2/c1-5-14-40(36)22-15-21(31)29(22)23(24(32)37-16-17-6-10-19(11-7-17)30(34)35)25(39-26(33)27(2,3)4)38-20-12-8-18(28)9-13-20/h5-13,22H,1,14-16H2,2-4H3. The third-order valence-electron chi connectivity index (χ3n) is 5.46. The Hall–Kier alpha value is -3.68. The molecule has 2 unspecified atom stereocenters. The van der Waals surface area contributed by atoms with E-state index in [4.69, 9.17) is 9.47 Å². The van der Waals surface area contributed by atoms with Crippen LogP contribution in [0.15, 0.2) is 72.0 Å². The summed E-state index contributed by atoms with van der Waals surface area (Å²) < 4.78 is 37.7. The van der Waals surface area contributed by atoms with Gasteiger partial charge < -0.3 is 14.0 Å². The maximum Gasteiger partial charge on any atom is 0.360 e. The number of thioether (sulfide) groups is 1. The van der Waals surface area contributed by atoms with Gasteiger partial charge in [0.25, 0.3) is 5.69 Å². The Kier molecular flexibility index (Phi) is 10.1. The molecule has 1 saturated heterocycles. The quantitative estimate of drug-likeness (QED) is 0.0526. The van der Waals surface area contributed by atoms with Crippen LogP contribution in [-0.4, -0.2) is 42.5 Å². The zero-order valence-electron chi connectivity index (χ0n) is 22.0. The van der Waals surface area contributed by atoms with E-state index in [2.05, 4.69) is 6.58 Å². The molecule has 1 aliphatic rings. The van der Waals surface area contributed by atoms with Crippen molar-refractivity contribution in [1.82, 2.24) is 4.90 Å². The summed E-state index contributed by atoms with van der Waals surface area (Å²) in [6, 6.07) is 10.1. The summed E-state index contributed by atoms with van der Waals surface area (Å²) in [7, 11) is 0. The number of nitrogens with zero attached hydrogens (tertiary/aromatic N) is 2. The van der Waals surface area contributed by atoms with Crippen LogP contribution in [0.4, 0.5) is 10.1 Å². The average molecular weight is 591 g/mol. The molecule has 1 amide bonds. The number of amides is 1. The van der Waals surface area contributed by atoms with Crippen molar-refractivity contribution in [3.05, 3.63) is 93.5 Å². The Labute approximate surface area is 237 Å². The largest absolute Gasteiger partial charge is 0.614 e. The number of esters is 1. The highest BCUT2D eigenvalue weighted by molar-refractivity contribution is 8.16. The van der Waals surface area contributed by atoms with Crippen molar-refractivity contribution < 1.29 is 37.7 Å². The normalized spacial score (nSPS) is 16.4. The molecule has 2 aromatic rings. The Balaban J connectivity index is 2.06. The third-order valence-corrected chi connectivity index (χ3v) is 8.27. The van der Waals surface area contributed by atoms with Gasteiger partial charge in [-0.3, -0.25) is 24.6 Å². The predicted octanol–water partition coefficient (Wildman–Crippen LogP) is 4.82. The highest BCUT2D eigenvalue weighted by atomic mass is 32.2. The van der Waals surface area contributed by atoms with Crippen molar-refractivity contribution in [3.63, 3.8) is 0 Å². The molecule has 2 atom stereocenters. The number of ether oxygens (including phenoxy) is 2. The molecule has 1 aliphatic heterocycles. The van der Waals surface area contributed by atoms with E-state index in [-0.39, 0.29) is 35.3 Å². The van der Waals surface area contributed by atoms with Gasteiger partial charge in [0.15, 0.2) is 10.8 Å². The Morgan fingerprint density at radius 1 is 1.20 bits per heavy atom. The van der Waals surface area contributed by atoms with Crippen LogP contribution in [0.2, 0.25) is 0 Å². The number of carbonyl (C=O) groups excluding carboxylic acids is 3. The van der Waals surface area contributed by atoms with Crippen LogP contribution in [0, 0.1) is 21.3 Å². The van der Waals surface area contributed by atoms with E-state index in [0.717, 1.165) is 17.0 Å². The van der Waals surface area contributed by atoms with E-state index in [0.29, 0.717) is 17.3 Å². The minimum atomic E-state index is -1.63. The van der Waals surface area contributed by atoms with Gasteiger partial charge in [-0.1, -0.05) is 27.4 Å². The molecule has 40 heavy (non-hydrogen) atoms. The molecular formula is C27H27FN2O8S2. The van der Waals surface area contributed by atoms with Crippen LogP contribution in [0.3, 0.4) is 0 Å². The van der Waals surface area contributed by atoms with Gasteiger partial charge in [0.05, 0.1) is 11.3 Å². The second kappa shape index (κ2) is 13.1. The van der Waals surface area contributed by atoms with Gasteiger partial charge >= 0.3 is 5.97 Å². The number of nitro benzene ring substituents is 1. The lowest BCUT2D eigenvalue weighted by Crippen LogP contribution is -2.57. The molecule has 10 nitrogen and oxygen atoms in total. The molecule has 0 spiro atoms. The number of halogens is 1. The highest BCUT2D eigenvalue weighted by Crippen LogP contribution is 2.38. The maximum absolute atomic E-state index is 13.5. The number of rotatable bonds is 11. The summed E-state index contributed by atoms with van der Waals surface area (Å²) in [6.07, 6.45) is 1.29. The first-order valence-electron chi connectivity index (χ1n) is 11.9. The average Bonchev–Trinajstić information content (AvgIpc) is 2.89. The highest BCUT2D eigenvalue weighted by Gasteiger charge is 2.50. The Morgan fingerprint density at radius 3 is 2.35 bits per heavy atom. The molecular weight excluding hydrogens is 563 g/mol. The van der Waals surface area contributed by atoms with Crippen LogP contribution in [0.25, 0.3) is 0 Å². The molecule has 0 bridgehead atoms.